The van der Waals surface area contributed by atoms with Crippen LogP contribution in [0.3, 0.4) is 0 Å². The van der Waals surface area contributed by atoms with Crippen LogP contribution in [0.2, 0.25) is 0 Å². The van der Waals surface area contributed by atoms with Crippen molar-refractivity contribution in [2.45, 2.75) is 91.6 Å². The van der Waals surface area contributed by atoms with Crippen molar-refractivity contribution in [1.29, 1.82) is 0 Å². The average molecular weight is 471 g/mol. The number of halogens is 3. The molecule has 186 valence electrons. The number of anilines is 1. The van der Waals surface area contributed by atoms with Gasteiger partial charge in [0.1, 0.15) is 24.4 Å². The molecule has 0 saturated heterocycles. The van der Waals surface area contributed by atoms with Crippen LogP contribution >= 0.6 is 0 Å². The third kappa shape index (κ3) is 8.97. The van der Waals surface area contributed by atoms with Crippen LogP contribution in [0.4, 0.5) is 18.9 Å². The van der Waals surface area contributed by atoms with Crippen molar-refractivity contribution in [2.24, 2.45) is 5.41 Å². The topological polar surface area (TPSA) is 83.2 Å². The van der Waals surface area contributed by atoms with E-state index in [1.54, 1.807) is 0 Å². The quantitative estimate of drug-likeness (QED) is 0.398. The predicted octanol–water partition coefficient (Wildman–Crippen LogP) is 5.11. The van der Waals surface area contributed by atoms with Crippen molar-refractivity contribution in [1.82, 2.24) is 14.8 Å². The van der Waals surface area contributed by atoms with Crippen LogP contribution in [0.15, 0.2) is 18.2 Å². The highest BCUT2D eigenvalue weighted by atomic mass is 19.4. The number of nitrogens with one attached hydrogen (secondary N) is 1. The molecule has 1 heterocycles. The van der Waals surface area contributed by atoms with Crippen LogP contribution in [0.5, 0.6) is 0 Å². The lowest BCUT2D eigenvalue weighted by molar-refractivity contribution is -0.141. The molecule has 2 aromatic rings. The lowest BCUT2D eigenvalue weighted by Crippen LogP contribution is -2.27. The van der Waals surface area contributed by atoms with Crippen molar-refractivity contribution in [3.8, 4) is 0 Å². The number of hydrogen-bond donors (Lipinski definition) is 3. The molecule has 0 aliphatic rings. The summed E-state index contributed by atoms with van der Waals surface area (Å²) >= 11 is 0. The zero-order valence-corrected chi connectivity index (χ0v) is 20.2. The first-order chi connectivity index (χ1) is 15.3. The van der Waals surface area contributed by atoms with Gasteiger partial charge in [-0.1, -0.05) is 38.5 Å². The molecule has 2 atom stereocenters. The summed E-state index contributed by atoms with van der Waals surface area (Å²) in [6, 6.07) is 5.75. The van der Waals surface area contributed by atoms with Crippen LogP contribution in [-0.4, -0.2) is 44.0 Å². The molecule has 1 aromatic heterocycles. The minimum absolute atomic E-state index is 0.0705. The zero-order valence-electron chi connectivity index (χ0n) is 20.2. The van der Waals surface area contributed by atoms with E-state index in [1.165, 1.54) is 0 Å². The SMILES string of the molecule is Cc1ccc(NC(O)C[C@@H](CCO)c2nnc(CCCC(C)(C)C)n2CC(F)(F)F)c(C)c1. The number of benzene rings is 1. The molecular formula is C24H37F3N4O2. The van der Waals surface area contributed by atoms with Crippen LogP contribution in [0, 0.1) is 19.3 Å². The van der Waals surface area contributed by atoms with Crippen molar-refractivity contribution in [3.63, 3.8) is 0 Å². The van der Waals surface area contributed by atoms with Crippen molar-refractivity contribution in [3.05, 3.63) is 41.0 Å². The number of nitrogens with zero attached hydrogens (tertiary/aromatic N) is 3. The molecule has 0 aliphatic carbocycles. The zero-order chi connectivity index (χ0) is 24.8. The van der Waals surface area contributed by atoms with E-state index in [0.717, 1.165) is 27.8 Å². The number of aryl methyl sites for hydroxylation is 3. The molecule has 0 amide bonds. The van der Waals surface area contributed by atoms with Gasteiger partial charge in [0.2, 0.25) is 0 Å². The molecule has 9 heteroatoms. The van der Waals surface area contributed by atoms with Gasteiger partial charge in [-0.25, -0.2) is 0 Å². The van der Waals surface area contributed by atoms with E-state index in [4.69, 9.17) is 0 Å². The van der Waals surface area contributed by atoms with Crippen molar-refractivity contribution < 1.29 is 23.4 Å². The Balaban J connectivity index is 2.24. The van der Waals surface area contributed by atoms with E-state index in [1.807, 2.05) is 32.0 Å². The number of aliphatic hydroxyl groups is 2. The third-order valence-corrected chi connectivity index (χ3v) is 5.58. The second kappa shape index (κ2) is 11.3. The molecule has 1 unspecified atom stereocenters. The number of alkyl halides is 3. The van der Waals surface area contributed by atoms with E-state index in [0.29, 0.717) is 12.8 Å². The third-order valence-electron chi connectivity index (χ3n) is 5.58. The van der Waals surface area contributed by atoms with E-state index in [2.05, 4.69) is 36.3 Å². The Morgan fingerprint density at radius 2 is 1.82 bits per heavy atom. The lowest BCUT2D eigenvalue weighted by atomic mass is 9.90. The molecule has 0 aliphatic heterocycles. The van der Waals surface area contributed by atoms with Gasteiger partial charge in [-0.05, 0) is 50.2 Å². The highest BCUT2D eigenvalue weighted by molar-refractivity contribution is 5.52. The standard InChI is InChI=1S/C24H37F3N4O2/c1-16-8-9-19(17(2)13-16)28-21(33)14-18(10-12-32)22-30-29-20(7-6-11-23(3,4)5)31(22)15-24(25,26)27/h8-9,13,18,21,28,32-33H,6-7,10-12,14-15H2,1-5H3/t18-,21?/m1/s1. The molecule has 33 heavy (non-hydrogen) atoms. The number of aliphatic hydroxyl groups excluding tert-OH is 2. The fourth-order valence-corrected chi connectivity index (χ4v) is 3.96. The minimum Gasteiger partial charge on any atom is -0.396 e. The van der Waals surface area contributed by atoms with E-state index < -0.39 is 24.9 Å². The summed E-state index contributed by atoms with van der Waals surface area (Å²) in [6.07, 6.45) is -3.27. The van der Waals surface area contributed by atoms with Crippen LogP contribution < -0.4 is 5.32 Å². The summed E-state index contributed by atoms with van der Waals surface area (Å²) in [5.41, 5.74) is 2.86. The summed E-state index contributed by atoms with van der Waals surface area (Å²) in [4.78, 5) is 0. The van der Waals surface area contributed by atoms with Gasteiger partial charge in [-0.3, -0.25) is 0 Å². The van der Waals surface area contributed by atoms with E-state index in [9.17, 15) is 23.4 Å². The molecule has 2 rings (SSSR count). The normalized spacial score (nSPS) is 14.4. The van der Waals surface area contributed by atoms with Gasteiger partial charge in [0.05, 0.1) is 0 Å². The van der Waals surface area contributed by atoms with Gasteiger partial charge in [0.25, 0.3) is 0 Å². The summed E-state index contributed by atoms with van der Waals surface area (Å²) < 4.78 is 41.3. The Kier molecular flexibility index (Phi) is 9.31. The Labute approximate surface area is 194 Å². The second-order valence-corrected chi connectivity index (χ2v) is 10.0. The van der Waals surface area contributed by atoms with E-state index >= 15 is 0 Å². The predicted molar refractivity (Wildman–Crippen MR) is 123 cm³/mol. The summed E-state index contributed by atoms with van der Waals surface area (Å²) in [5.74, 6) is -0.158. The summed E-state index contributed by atoms with van der Waals surface area (Å²) in [6.45, 7) is 8.71. The van der Waals surface area contributed by atoms with Crippen LogP contribution in [0.25, 0.3) is 0 Å². The molecular weight excluding hydrogens is 433 g/mol. The first kappa shape index (κ1) is 27.1. The van der Waals surface area contributed by atoms with Crippen LogP contribution in [0.1, 0.15) is 75.1 Å². The van der Waals surface area contributed by atoms with Crippen molar-refractivity contribution >= 4 is 5.69 Å². The van der Waals surface area contributed by atoms with Gasteiger partial charge >= 0.3 is 6.18 Å². The van der Waals surface area contributed by atoms with Gasteiger partial charge < -0.3 is 20.1 Å². The minimum atomic E-state index is -4.43. The fourth-order valence-electron chi connectivity index (χ4n) is 3.96. The fraction of sp³-hybridized carbons (Fsp3) is 0.667. The van der Waals surface area contributed by atoms with Crippen molar-refractivity contribution in [2.75, 3.05) is 11.9 Å². The number of aromatic nitrogens is 3. The first-order valence-electron chi connectivity index (χ1n) is 11.4. The smallest absolute Gasteiger partial charge is 0.396 e. The van der Waals surface area contributed by atoms with E-state index in [-0.39, 0.29) is 36.5 Å². The molecule has 0 spiro atoms. The van der Waals surface area contributed by atoms with Gasteiger partial charge in [-0.15, -0.1) is 10.2 Å². The largest absolute Gasteiger partial charge is 0.406 e. The average Bonchev–Trinajstić information content (AvgIpc) is 3.03. The molecule has 0 saturated carbocycles. The maximum Gasteiger partial charge on any atom is 0.406 e. The molecule has 0 fully saturated rings. The number of rotatable bonds is 11. The highest BCUT2D eigenvalue weighted by Gasteiger charge is 2.33. The first-order valence-corrected chi connectivity index (χ1v) is 11.4. The Hall–Kier alpha value is -2.13. The van der Waals surface area contributed by atoms with Gasteiger partial charge in [0, 0.05) is 31.1 Å². The maximum absolute atomic E-state index is 13.4. The van der Waals surface area contributed by atoms with Crippen LogP contribution in [-0.2, 0) is 13.0 Å². The van der Waals surface area contributed by atoms with Gasteiger partial charge in [-0.2, -0.15) is 13.2 Å². The Morgan fingerprint density at radius 3 is 2.39 bits per heavy atom. The molecule has 3 N–H and O–H groups in total. The summed E-state index contributed by atoms with van der Waals surface area (Å²) in [5, 5.41) is 31.4. The molecule has 0 radical (unpaired) electrons. The molecule has 0 bridgehead atoms. The maximum atomic E-state index is 13.4. The monoisotopic (exact) mass is 470 g/mol. The Morgan fingerprint density at radius 1 is 1.12 bits per heavy atom. The van der Waals surface area contributed by atoms with Gasteiger partial charge in [0.15, 0.2) is 0 Å². The Bertz CT molecular complexity index is 891. The molecule has 1 aromatic carbocycles. The highest BCUT2D eigenvalue weighted by Crippen LogP contribution is 2.29. The summed E-state index contributed by atoms with van der Waals surface area (Å²) in [7, 11) is 0. The number of hydrogen-bond acceptors (Lipinski definition) is 5. The molecule has 6 nitrogen and oxygen atoms in total. The second-order valence-electron chi connectivity index (χ2n) is 10.0. The lowest BCUT2D eigenvalue weighted by Gasteiger charge is -2.23.